The molecular weight excluding hydrogens is 116 g/mol. The molecule has 1 aliphatic heterocycles. The second-order valence-corrected chi connectivity index (χ2v) is 2.66. The molecule has 0 aliphatic carbocycles. The van der Waals surface area contributed by atoms with Crippen LogP contribution in [0.4, 0.5) is 0 Å². The van der Waals surface area contributed by atoms with Crippen molar-refractivity contribution in [1.82, 2.24) is 0 Å². The average Bonchev–Trinajstić information content (AvgIpc) is 2.13. The number of ether oxygens (including phenoxy) is 1. The first kappa shape index (κ1) is 6.62. The maximum absolute atomic E-state index is 9.15. The Labute approximate surface area is 55.1 Å². The van der Waals surface area contributed by atoms with Gasteiger partial charge in [0, 0.05) is 0 Å². The van der Waals surface area contributed by atoms with Gasteiger partial charge in [0.25, 0.3) is 0 Å². The molecule has 0 spiro atoms. The summed E-state index contributed by atoms with van der Waals surface area (Å²) in [5.74, 6) is 0.384. The Morgan fingerprint density at radius 1 is 1.56 bits per heavy atom. The van der Waals surface area contributed by atoms with Crippen LogP contribution in [0.3, 0.4) is 0 Å². The van der Waals surface area contributed by atoms with Gasteiger partial charge in [0.05, 0.1) is 6.26 Å². The highest BCUT2D eigenvalue weighted by molar-refractivity contribution is 4.96. The van der Waals surface area contributed by atoms with Crippen LogP contribution in [0, 0.1) is 5.92 Å². The molecule has 0 saturated carbocycles. The Kier molecular flexibility index (Phi) is 1.76. The van der Waals surface area contributed by atoms with Crippen LogP contribution in [0.15, 0.2) is 12.3 Å². The van der Waals surface area contributed by atoms with E-state index in [4.69, 9.17) is 9.84 Å². The van der Waals surface area contributed by atoms with Gasteiger partial charge in [-0.15, -0.1) is 0 Å². The number of hydrogen-bond acceptors (Lipinski definition) is 2. The first-order chi connectivity index (χ1) is 4.22. The molecule has 0 bridgehead atoms. The predicted octanol–water partition coefficient (Wildman–Crippen LogP) is 0.916. The molecule has 1 aliphatic rings. The van der Waals surface area contributed by atoms with E-state index in [0.29, 0.717) is 5.92 Å². The molecule has 0 aromatic carbocycles. The molecule has 0 aromatic rings. The summed E-state index contributed by atoms with van der Waals surface area (Å²) >= 11 is 0. The minimum atomic E-state index is -0.398. The van der Waals surface area contributed by atoms with E-state index in [9.17, 15) is 0 Å². The first-order valence-corrected chi connectivity index (χ1v) is 3.22. The highest BCUT2D eigenvalue weighted by Crippen LogP contribution is 2.17. The molecule has 0 amide bonds. The van der Waals surface area contributed by atoms with Crippen LogP contribution in [0.5, 0.6) is 0 Å². The summed E-state index contributed by atoms with van der Waals surface area (Å²) in [6.45, 7) is 4.06. The summed E-state index contributed by atoms with van der Waals surface area (Å²) in [5, 5.41) is 9.15. The second-order valence-electron chi connectivity index (χ2n) is 2.66. The third-order valence-corrected chi connectivity index (χ3v) is 1.51. The highest BCUT2D eigenvalue weighted by Gasteiger charge is 2.24. The van der Waals surface area contributed by atoms with Crippen molar-refractivity contribution in [3.05, 3.63) is 12.3 Å². The Balaban J connectivity index is 2.45. The zero-order chi connectivity index (χ0) is 6.85. The Hall–Kier alpha value is -0.500. The lowest BCUT2D eigenvalue weighted by Gasteiger charge is -2.17. The van der Waals surface area contributed by atoms with Gasteiger partial charge in [-0.3, -0.25) is 0 Å². The standard InChI is InChI=1S/C7H12O2/c1-5(2)7-6(8)3-4-9-7/h3-8H,1-2H3. The van der Waals surface area contributed by atoms with Gasteiger partial charge in [0.1, 0.15) is 12.2 Å². The molecule has 1 rings (SSSR count). The molecular formula is C7H12O2. The lowest BCUT2D eigenvalue weighted by atomic mass is 10.0. The maximum atomic E-state index is 9.15. The molecule has 9 heavy (non-hydrogen) atoms. The van der Waals surface area contributed by atoms with E-state index in [2.05, 4.69) is 0 Å². The van der Waals surface area contributed by atoms with Gasteiger partial charge in [-0.2, -0.15) is 0 Å². The van der Waals surface area contributed by atoms with Crippen molar-refractivity contribution in [1.29, 1.82) is 0 Å². The fraction of sp³-hybridized carbons (Fsp3) is 0.714. The number of rotatable bonds is 1. The van der Waals surface area contributed by atoms with Crippen molar-refractivity contribution in [2.75, 3.05) is 0 Å². The van der Waals surface area contributed by atoms with Crippen LogP contribution < -0.4 is 0 Å². The van der Waals surface area contributed by atoms with Gasteiger partial charge in [0.2, 0.25) is 0 Å². The number of aliphatic hydroxyl groups excluding tert-OH is 1. The summed E-state index contributed by atoms with van der Waals surface area (Å²) in [6.07, 6.45) is 2.81. The Morgan fingerprint density at radius 3 is 2.44 bits per heavy atom. The number of hydrogen-bond donors (Lipinski definition) is 1. The van der Waals surface area contributed by atoms with E-state index in [0.717, 1.165) is 0 Å². The first-order valence-electron chi connectivity index (χ1n) is 3.22. The van der Waals surface area contributed by atoms with E-state index in [1.54, 1.807) is 12.3 Å². The Morgan fingerprint density at radius 2 is 2.22 bits per heavy atom. The summed E-state index contributed by atoms with van der Waals surface area (Å²) in [7, 11) is 0. The molecule has 52 valence electrons. The van der Waals surface area contributed by atoms with Crippen molar-refractivity contribution >= 4 is 0 Å². The smallest absolute Gasteiger partial charge is 0.130 e. The largest absolute Gasteiger partial charge is 0.495 e. The fourth-order valence-corrected chi connectivity index (χ4v) is 0.958. The van der Waals surface area contributed by atoms with Gasteiger partial charge in [0.15, 0.2) is 0 Å². The summed E-state index contributed by atoms with van der Waals surface area (Å²) in [5.41, 5.74) is 0. The van der Waals surface area contributed by atoms with Gasteiger partial charge in [-0.05, 0) is 12.0 Å². The minimum absolute atomic E-state index is 0.0231. The zero-order valence-electron chi connectivity index (χ0n) is 5.74. The predicted molar refractivity (Wildman–Crippen MR) is 34.9 cm³/mol. The third-order valence-electron chi connectivity index (χ3n) is 1.51. The summed E-state index contributed by atoms with van der Waals surface area (Å²) < 4.78 is 5.10. The highest BCUT2D eigenvalue weighted by atomic mass is 16.5. The lowest BCUT2D eigenvalue weighted by molar-refractivity contribution is 0.0321. The molecule has 2 atom stereocenters. The molecule has 1 N–H and O–H groups in total. The normalized spacial score (nSPS) is 33.3. The molecule has 0 saturated heterocycles. The van der Waals surface area contributed by atoms with E-state index in [1.165, 1.54) is 0 Å². The SMILES string of the molecule is CC(C)C1OC=CC1O. The van der Waals surface area contributed by atoms with Gasteiger partial charge < -0.3 is 9.84 Å². The molecule has 2 nitrogen and oxygen atoms in total. The summed E-state index contributed by atoms with van der Waals surface area (Å²) in [6, 6.07) is 0. The van der Waals surface area contributed by atoms with Crippen LogP contribution >= 0.6 is 0 Å². The molecule has 0 aromatic heterocycles. The maximum Gasteiger partial charge on any atom is 0.130 e. The molecule has 1 heterocycles. The van der Waals surface area contributed by atoms with Crippen molar-refractivity contribution in [2.45, 2.75) is 26.1 Å². The molecule has 0 fully saturated rings. The van der Waals surface area contributed by atoms with Crippen LogP contribution in [0.25, 0.3) is 0 Å². The monoisotopic (exact) mass is 128 g/mol. The van der Waals surface area contributed by atoms with Gasteiger partial charge >= 0.3 is 0 Å². The van der Waals surface area contributed by atoms with Gasteiger partial charge in [-0.25, -0.2) is 0 Å². The van der Waals surface area contributed by atoms with Crippen LogP contribution in [0.1, 0.15) is 13.8 Å². The van der Waals surface area contributed by atoms with Crippen molar-refractivity contribution < 1.29 is 9.84 Å². The van der Waals surface area contributed by atoms with Crippen molar-refractivity contribution in [3.8, 4) is 0 Å². The quantitative estimate of drug-likeness (QED) is 0.569. The molecule has 2 heteroatoms. The van der Waals surface area contributed by atoms with Crippen LogP contribution in [-0.4, -0.2) is 17.3 Å². The van der Waals surface area contributed by atoms with Gasteiger partial charge in [-0.1, -0.05) is 13.8 Å². The van der Waals surface area contributed by atoms with E-state index in [1.807, 2.05) is 13.8 Å². The Bertz CT molecular complexity index is 118. The van der Waals surface area contributed by atoms with Crippen LogP contribution in [0.2, 0.25) is 0 Å². The fourth-order valence-electron chi connectivity index (χ4n) is 0.958. The third kappa shape index (κ3) is 1.24. The van der Waals surface area contributed by atoms with E-state index < -0.39 is 6.10 Å². The second kappa shape index (κ2) is 2.40. The average molecular weight is 128 g/mol. The minimum Gasteiger partial charge on any atom is -0.495 e. The van der Waals surface area contributed by atoms with E-state index in [-0.39, 0.29) is 6.10 Å². The molecule has 2 unspecified atom stereocenters. The van der Waals surface area contributed by atoms with Crippen molar-refractivity contribution in [3.63, 3.8) is 0 Å². The van der Waals surface area contributed by atoms with Crippen molar-refractivity contribution in [2.24, 2.45) is 5.92 Å². The summed E-state index contributed by atoms with van der Waals surface area (Å²) in [4.78, 5) is 0. The lowest BCUT2D eigenvalue weighted by Crippen LogP contribution is -2.26. The topological polar surface area (TPSA) is 29.5 Å². The zero-order valence-corrected chi connectivity index (χ0v) is 5.74. The number of aliphatic hydroxyl groups is 1. The molecule has 0 radical (unpaired) electrons. The van der Waals surface area contributed by atoms with E-state index >= 15 is 0 Å². The van der Waals surface area contributed by atoms with Crippen LogP contribution in [-0.2, 0) is 4.74 Å².